The van der Waals surface area contributed by atoms with E-state index < -0.39 is 0 Å². The van der Waals surface area contributed by atoms with Crippen LogP contribution in [0.2, 0.25) is 0 Å². The van der Waals surface area contributed by atoms with Gasteiger partial charge in [-0.2, -0.15) is 11.8 Å². The first-order chi connectivity index (χ1) is 9.31. The number of benzene rings is 1. The van der Waals surface area contributed by atoms with Gasteiger partial charge in [-0.1, -0.05) is 11.8 Å². The summed E-state index contributed by atoms with van der Waals surface area (Å²) < 4.78 is 0. The van der Waals surface area contributed by atoms with Crippen molar-refractivity contribution >= 4 is 17.7 Å². The third-order valence-electron chi connectivity index (χ3n) is 2.90. The van der Waals surface area contributed by atoms with E-state index in [9.17, 15) is 4.79 Å². The number of hydrogen-bond donors (Lipinski definition) is 1. The number of hydrogen-bond acceptors (Lipinski definition) is 3. The smallest absolute Gasteiger partial charge is 0.253 e. The lowest BCUT2D eigenvalue weighted by Crippen LogP contribution is -2.37. The predicted octanol–water partition coefficient (Wildman–Crippen LogP) is 1.61. The fraction of sp³-hybridized carbons (Fsp3) is 0.400. The molecule has 0 unspecified atom stereocenters. The molecule has 0 radical (unpaired) electrons. The van der Waals surface area contributed by atoms with Crippen LogP contribution in [-0.2, 0) is 0 Å². The van der Waals surface area contributed by atoms with Gasteiger partial charge in [-0.3, -0.25) is 4.79 Å². The van der Waals surface area contributed by atoms with Crippen LogP contribution >= 0.6 is 11.8 Å². The Morgan fingerprint density at radius 2 is 1.95 bits per heavy atom. The van der Waals surface area contributed by atoms with Gasteiger partial charge in [0.15, 0.2) is 0 Å². The molecule has 0 atom stereocenters. The minimum atomic E-state index is 0.0799. The van der Waals surface area contributed by atoms with Crippen LogP contribution in [0.1, 0.15) is 22.3 Å². The van der Waals surface area contributed by atoms with Gasteiger partial charge in [0.2, 0.25) is 0 Å². The van der Waals surface area contributed by atoms with Crippen LogP contribution in [0.4, 0.5) is 0 Å². The fourth-order valence-corrected chi connectivity index (χ4v) is 2.77. The predicted molar refractivity (Wildman–Crippen MR) is 78.3 cm³/mol. The van der Waals surface area contributed by atoms with Crippen molar-refractivity contribution in [3.63, 3.8) is 0 Å². The fourth-order valence-electron chi connectivity index (χ4n) is 1.87. The average molecular weight is 275 g/mol. The zero-order valence-corrected chi connectivity index (χ0v) is 11.6. The molecule has 19 heavy (non-hydrogen) atoms. The maximum Gasteiger partial charge on any atom is 0.253 e. The molecule has 1 N–H and O–H groups in total. The molecule has 1 heterocycles. The molecule has 4 heteroatoms. The molecule has 100 valence electrons. The molecule has 1 amide bonds. The Kier molecular flexibility index (Phi) is 5.31. The summed E-state index contributed by atoms with van der Waals surface area (Å²) in [7, 11) is 0. The van der Waals surface area contributed by atoms with E-state index in [-0.39, 0.29) is 12.5 Å². The molecule has 0 saturated carbocycles. The maximum atomic E-state index is 12.2. The Labute approximate surface area is 118 Å². The van der Waals surface area contributed by atoms with Crippen molar-refractivity contribution in [3.8, 4) is 11.8 Å². The van der Waals surface area contributed by atoms with Gasteiger partial charge in [0, 0.05) is 42.1 Å². The van der Waals surface area contributed by atoms with Crippen LogP contribution in [0.5, 0.6) is 0 Å². The summed E-state index contributed by atoms with van der Waals surface area (Å²) in [6, 6.07) is 7.37. The minimum absolute atomic E-state index is 0.0799. The second-order valence-electron chi connectivity index (χ2n) is 4.26. The molecule has 1 aromatic rings. The first kappa shape index (κ1) is 14.0. The molecular weight excluding hydrogens is 258 g/mol. The summed E-state index contributed by atoms with van der Waals surface area (Å²) >= 11 is 1.89. The van der Waals surface area contributed by atoms with Gasteiger partial charge in [0.05, 0.1) is 6.61 Å². The Bertz CT molecular complexity index is 481. The molecule has 1 aliphatic rings. The molecular formula is C15H17NO2S. The van der Waals surface area contributed by atoms with Crippen molar-refractivity contribution in [2.75, 3.05) is 31.2 Å². The topological polar surface area (TPSA) is 40.5 Å². The quantitative estimate of drug-likeness (QED) is 0.834. The number of carbonyl (C=O) groups is 1. The highest BCUT2D eigenvalue weighted by atomic mass is 32.2. The van der Waals surface area contributed by atoms with Crippen molar-refractivity contribution in [1.29, 1.82) is 0 Å². The van der Waals surface area contributed by atoms with Gasteiger partial charge < -0.3 is 10.0 Å². The SMILES string of the molecule is O=C(c1ccc(C#CCCO)cc1)N1CCSCC1. The Morgan fingerprint density at radius 3 is 2.58 bits per heavy atom. The van der Waals surface area contributed by atoms with E-state index in [0.717, 1.165) is 35.7 Å². The number of aliphatic hydroxyl groups is 1. The summed E-state index contributed by atoms with van der Waals surface area (Å²) in [5.74, 6) is 7.97. The number of amides is 1. The van der Waals surface area contributed by atoms with Gasteiger partial charge in [-0.25, -0.2) is 0 Å². The number of rotatable bonds is 2. The van der Waals surface area contributed by atoms with Crippen molar-refractivity contribution in [3.05, 3.63) is 35.4 Å². The van der Waals surface area contributed by atoms with E-state index >= 15 is 0 Å². The molecule has 0 spiro atoms. The molecule has 1 fully saturated rings. The van der Waals surface area contributed by atoms with Gasteiger partial charge >= 0.3 is 0 Å². The summed E-state index contributed by atoms with van der Waals surface area (Å²) in [6.45, 7) is 1.75. The van der Waals surface area contributed by atoms with Crippen molar-refractivity contribution < 1.29 is 9.90 Å². The van der Waals surface area contributed by atoms with E-state index in [1.807, 2.05) is 40.9 Å². The van der Waals surface area contributed by atoms with Crippen LogP contribution in [0.25, 0.3) is 0 Å². The van der Waals surface area contributed by atoms with E-state index in [4.69, 9.17) is 5.11 Å². The lowest BCUT2D eigenvalue weighted by molar-refractivity contribution is 0.0772. The van der Waals surface area contributed by atoms with Crippen LogP contribution in [0.15, 0.2) is 24.3 Å². The summed E-state index contributed by atoms with van der Waals surface area (Å²) in [5, 5.41) is 8.65. The number of carbonyl (C=O) groups excluding carboxylic acids is 1. The molecule has 3 nitrogen and oxygen atoms in total. The van der Waals surface area contributed by atoms with Crippen molar-refractivity contribution in [1.82, 2.24) is 4.90 Å². The molecule has 2 rings (SSSR count). The average Bonchev–Trinajstić information content (AvgIpc) is 2.48. The Balaban J connectivity index is 2.01. The molecule has 0 bridgehead atoms. The third kappa shape index (κ3) is 4.02. The van der Waals surface area contributed by atoms with E-state index in [2.05, 4.69) is 11.8 Å². The molecule has 0 aliphatic carbocycles. The van der Waals surface area contributed by atoms with E-state index in [1.54, 1.807) is 0 Å². The van der Waals surface area contributed by atoms with Crippen LogP contribution in [-0.4, -0.2) is 47.1 Å². The molecule has 1 aliphatic heterocycles. The molecule has 1 saturated heterocycles. The molecule has 0 aromatic heterocycles. The summed E-state index contributed by atoms with van der Waals surface area (Å²) in [5.41, 5.74) is 1.60. The van der Waals surface area contributed by atoms with Crippen molar-refractivity contribution in [2.45, 2.75) is 6.42 Å². The highest BCUT2D eigenvalue weighted by Gasteiger charge is 2.17. The monoisotopic (exact) mass is 275 g/mol. The van der Waals surface area contributed by atoms with Gasteiger partial charge in [-0.05, 0) is 24.3 Å². The highest BCUT2D eigenvalue weighted by molar-refractivity contribution is 7.99. The lowest BCUT2D eigenvalue weighted by Gasteiger charge is -2.26. The Hall–Kier alpha value is -1.44. The third-order valence-corrected chi connectivity index (χ3v) is 3.84. The standard InChI is InChI=1S/C15H17NO2S/c17-10-2-1-3-13-4-6-14(7-5-13)15(18)16-8-11-19-12-9-16/h4-7,17H,2,8-12H2. The van der Waals surface area contributed by atoms with E-state index in [1.165, 1.54) is 0 Å². The van der Waals surface area contributed by atoms with Gasteiger partial charge in [0.1, 0.15) is 0 Å². The largest absolute Gasteiger partial charge is 0.395 e. The second-order valence-corrected chi connectivity index (χ2v) is 5.48. The maximum absolute atomic E-state index is 12.2. The molecule has 1 aromatic carbocycles. The zero-order chi connectivity index (χ0) is 13.5. The first-order valence-electron chi connectivity index (χ1n) is 6.38. The highest BCUT2D eigenvalue weighted by Crippen LogP contribution is 2.13. The van der Waals surface area contributed by atoms with E-state index in [0.29, 0.717) is 6.42 Å². The number of aliphatic hydroxyl groups excluding tert-OH is 1. The van der Waals surface area contributed by atoms with Crippen LogP contribution in [0.3, 0.4) is 0 Å². The van der Waals surface area contributed by atoms with Gasteiger partial charge in [-0.15, -0.1) is 0 Å². The normalized spacial score (nSPS) is 14.7. The lowest BCUT2D eigenvalue weighted by atomic mass is 10.1. The Morgan fingerprint density at radius 1 is 1.26 bits per heavy atom. The number of nitrogens with zero attached hydrogens (tertiary/aromatic N) is 1. The van der Waals surface area contributed by atoms with Gasteiger partial charge in [0.25, 0.3) is 5.91 Å². The van der Waals surface area contributed by atoms with Crippen molar-refractivity contribution in [2.24, 2.45) is 0 Å². The first-order valence-corrected chi connectivity index (χ1v) is 7.53. The minimum Gasteiger partial charge on any atom is -0.395 e. The number of thioether (sulfide) groups is 1. The summed E-state index contributed by atoms with van der Waals surface area (Å²) in [6.07, 6.45) is 0.478. The second kappa shape index (κ2) is 7.22. The van der Waals surface area contributed by atoms with Crippen LogP contribution < -0.4 is 0 Å². The summed E-state index contributed by atoms with van der Waals surface area (Å²) in [4.78, 5) is 14.1. The van der Waals surface area contributed by atoms with Crippen LogP contribution in [0, 0.1) is 11.8 Å². The zero-order valence-electron chi connectivity index (χ0n) is 10.8.